The number of sulfone groups is 1. The van der Waals surface area contributed by atoms with E-state index in [1.54, 1.807) is 19.4 Å². The number of ether oxygens (including phenoxy) is 2. The minimum absolute atomic E-state index is 0.0428. The van der Waals surface area contributed by atoms with E-state index in [2.05, 4.69) is 10.3 Å². The molecule has 0 fully saturated rings. The Hall–Kier alpha value is -1.18. The summed E-state index contributed by atoms with van der Waals surface area (Å²) in [5, 5.41) is 3.19. The molecule has 1 N–H and O–H groups in total. The van der Waals surface area contributed by atoms with Crippen LogP contribution >= 0.6 is 0 Å². The summed E-state index contributed by atoms with van der Waals surface area (Å²) in [6, 6.07) is 3.66. The highest BCUT2D eigenvalue weighted by atomic mass is 32.2. The van der Waals surface area contributed by atoms with E-state index in [0.717, 1.165) is 12.2 Å². The lowest BCUT2D eigenvalue weighted by Crippen LogP contribution is -2.19. The first-order valence-corrected chi connectivity index (χ1v) is 8.87. The van der Waals surface area contributed by atoms with E-state index in [9.17, 15) is 8.42 Å². The van der Waals surface area contributed by atoms with E-state index in [0.29, 0.717) is 25.3 Å². The predicted molar refractivity (Wildman–Crippen MR) is 82.3 cm³/mol. The van der Waals surface area contributed by atoms with Gasteiger partial charge >= 0.3 is 0 Å². The number of nitrogens with one attached hydrogen (secondary N) is 1. The van der Waals surface area contributed by atoms with E-state index in [4.69, 9.17) is 9.47 Å². The Morgan fingerprint density at radius 3 is 2.67 bits per heavy atom. The Kier molecular flexibility index (Phi) is 8.26. The Bertz CT molecular complexity index is 488. The van der Waals surface area contributed by atoms with E-state index in [1.807, 2.05) is 13.0 Å². The molecule has 0 aliphatic carbocycles. The third kappa shape index (κ3) is 7.99. The first kappa shape index (κ1) is 17.9. The number of nitrogens with zero attached hydrogens (tertiary/aromatic N) is 1. The summed E-state index contributed by atoms with van der Waals surface area (Å²) < 4.78 is 33.4. The second-order valence-corrected chi connectivity index (χ2v) is 6.96. The molecule has 0 amide bonds. The molecule has 21 heavy (non-hydrogen) atoms. The molecular formula is C14H24N2O4S. The fourth-order valence-electron chi connectivity index (χ4n) is 1.69. The molecule has 7 heteroatoms. The second-order valence-electron chi connectivity index (χ2n) is 4.66. The van der Waals surface area contributed by atoms with Crippen LogP contribution in [0.25, 0.3) is 0 Å². The summed E-state index contributed by atoms with van der Waals surface area (Å²) in [4.78, 5) is 4.25. The second kappa shape index (κ2) is 9.70. The minimum Gasteiger partial charge on any atom is -0.491 e. The third-order valence-electron chi connectivity index (χ3n) is 2.76. The van der Waals surface area contributed by atoms with Crippen molar-refractivity contribution in [3.05, 3.63) is 24.0 Å². The molecule has 120 valence electrons. The Balaban J connectivity index is 2.31. The van der Waals surface area contributed by atoms with Crippen molar-refractivity contribution in [1.82, 2.24) is 10.3 Å². The molecule has 0 radical (unpaired) electrons. The molecular weight excluding hydrogens is 292 g/mol. The highest BCUT2D eigenvalue weighted by Gasteiger charge is 2.09. The lowest BCUT2D eigenvalue weighted by Gasteiger charge is -2.07. The molecule has 0 saturated carbocycles. The van der Waals surface area contributed by atoms with Crippen LogP contribution in [0.1, 0.15) is 19.0 Å². The monoisotopic (exact) mass is 316 g/mol. The molecule has 0 saturated heterocycles. The standard InChI is InChI=1S/C14H24N2O4S/c1-3-9-21(17,18)10-8-20-14-5-4-13(16-12-14)11-15-6-7-19-2/h4-5,12,15H,3,6-11H2,1-2H3. The largest absolute Gasteiger partial charge is 0.491 e. The van der Waals surface area contributed by atoms with Gasteiger partial charge in [0.2, 0.25) is 0 Å². The number of pyridine rings is 1. The zero-order valence-corrected chi connectivity index (χ0v) is 13.5. The molecule has 0 aromatic carbocycles. The van der Waals surface area contributed by atoms with E-state index >= 15 is 0 Å². The predicted octanol–water partition coefficient (Wildman–Crippen LogP) is 1.02. The van der Waals surface area contributed by atoms with Crippen molar-refractivity contribution in [2.24, 2.45) is 0 Å². The summed E-state index contributed by atoms with van der Waals surface area (Å²) in [6.45, 7) is 4.10. The SMILES string of the molecule is CCCS(=O)(=O)CCOc1ccc(CNCCOC)nc1. The fourth-order valence-corrected chi connectivity index (χ4v) is 2.85. The zero-order valence-electron chi connectivity index (χ0n) is 12.7. The molecule has 0 unspecified atom stereocenters. The third-order valence-corrected chi connectivity index (χ3v) is 4.58. The first-order valence-electron chi connectivity index (χ1n) is 7.05. The quantitative estimate of drug-likeness (QED) is 0.614. The van der Waals surface area contributed by atoms with Gasteiger partial charge in [0, 0.05) is 20.2 Å². The van der Waals surface area contributed by atoms with Crippen LogP contribution in [0.15, 0.2) is 18.3 Å². The van der Waals surface area contributed by atoms with Crippen LogP contribution in [0.5, 0.6) is 5.75 Å². The summed E-state index contributed by atoms with van der Waals surface area (Å²) in [7, 11) is -1.34. The van der Waals surface area contributed by atoms with Crippen LogP contribution in [0.4, 0.5) is 0 Å². The molecule has 1 aromatic heterocycles. The van der Waals surface area contributed by atoms with Gasteiger partial charge in [-0.15, -0.1) is 0 Å². The van der Waals surface area contributed by atoms with Gasteiger partial charge in [0.15, 0.2) is 9.84 Å². The maximum Gasteiger partial charge on any atom is 0.153 e. The summed E-state index contributed by atoms with van der Waals surface area (Å²) in [5.41, 5.74) is 0.900. The molecule has 0 atom stereocenters. The first-order chi connectivity index (χ1) is 10.1. The molecule has 0 bridgehead atoms. The molecule has 0 spiro atoms. The van der Waals surface area contributed by atoms with Gasteiger partial charge in [0.1, 0.15) is 12.4 Å². The van der Waals surface area contributed by atoms with Gasteiger partial charge in [-0.05, 0) is 18.6 Å². The highest BCUT2D eigenvalue weighted by molar-refractivity contribution is 7.91. The van der Waals surface area contributed by atoms with Gasteiger partial charge in [0.25, 0.3) is 0 Å². The van der Waals surface area contributed by atoms with E-state index < -0.39 is 9.84 Å². The maximum absolute atomic E-state index is 11.5. The van der Waals surface area contributed by atoms with Crippen LogP contribution in [0.2, 0.25) is 0 Å². The molecule has 1 rings (SSSR count). The van der Waals surface area contributed by atoms with Gasteiger partial charge in [-0.25, -0.2) is 8.42 Å². The van der Waals surface area contributed by atoms with Crippen molar-refractivity contribution >= 4 is 9.84 Å². The number of rotatable bonds is 11. The highest BCUT2D eigenvalue weighted by Crippen LogP contribution is 2.09. The van der Waals surface area contributed by atoms with Crippen molar-refractivity contribution in [3.63, 3.8) is 0 Å². The van der Waals surface area contributed by atoms with Crippen LogP contribution in [-0.2, 0) is 21.1 Å². The van der Waals surface area contributed by atoms with Crippen molar-refractivity contribution in [1.29, 1.82) is 0 Å². The lowest BCUT2D eigenvalue weighted by atomic mass is 10.3. The lowest BCUT2D eigenvalue weighted by molar-refractivity contribution is 0.199. The van der Waals surface area contributed by atoms with Crippen molar-refractivity contribution in [2.75, 3.05) is 38.4 Å². The zero-order chi connectivity index (χ0) is 15.6. The van der Waals surface area contributed by atoms with Gasteiger partial charge in [-0.2, -0.15) is 0 Å². The van der Waals surface area contributed by atoms with Crippen LogP contribution in [-0.4, -0.2) is 51.8 Å². The van der Waals surface area contributed by atoms with Crippen LogP contribution < -0.4 is 10.1 Å². The van der Waals surface area contributed by atoms with E-state index in [1.165, 1.54) is 0 Å². The topological polar surface area (TPSA) is 77.5 Å². The normalized spacial score (nSPS) is 11.5. The molecule has 0 aliphatic heterocycles. The minimum atomic E-state index is -2.99. The molecule has 1 heterocycles. The Morgan fingerprint density at radius 1 is 1.24 bits per heavy atom. The number of aromatic nitrogens is 1. The maximum atomic E-state index is 11.5. The van der Waals surface area contributed by atoms with Crippen molar-refractivity contribution in [2.45, 2.75) is 19.9 Å². The Labute approximate surface area is 126 Å². The van der Waals surface area contributed by atoms with Gasteiger partial charge < -0.3 is 14.8 Å². The van der Waals surface area contributed by atoms with Crippen LogP contribution in [0.3, 0.4) is 0 Å². The van der Waals surface area contributed by atoms with Gasteiger partial charge in [-0.1, -0.05) is 6.92 Å². The molecule has 6 nitrogen and oxygen atoms in total. The molecule has 0 aliphatic rings. The van der Waals surface area contributed by atoms with E-state index in [-0.39, 0.29) is 18.1 Å². The average molecular weight is 316 g/mol. The van der Waals surface area contributed by atoms with Crippen LogP contribution in [0, 0.1) is 0 Å². The summed E-state index contributed by atoms with van der Waals surface area (Å²) in [5.74, 6) is 0.837. The Morgan fingerprint density at radius 2 is 2.05 bits per heavy atom. The number of hydrogen-bond acceptors (Lipinski definition) is 6. The fraction of sp³-hybridized carbons (Fsp3) is 0.643. The molecule has 1 aromatic rings. The van der Waals surface area contributed by atoms with Crippen molar-refractivity contribution in [3.8, 4) is 5.75 Å². The summed E-state index contributed by atoms with van der Waals surface area (Å²) >= 11 is 0. The smallest absolute Gasteiger partial charge is 0.153 e. The summed E-state index contributed by atoms with van der Waals surface area (Å²) in [6.07, 6.45) is 2.24. The van der Waals surface area contributed by atoms with Gasteiger partial charge in [0.05, 0.1) is 30.0 Å². The van der Waals surface area contributed by atoms with Gasteiger partial charge in [-0.3, -0.25) is 4.98 Å². The number of methoxy groups -OCH3 is 1. The van der Waals surface area contributed by atoms with Crippen molar-refractivity contribution < 1.29 is 17.9 Å². The average Bonchev–Trinajstić information content (AvgIpc) is 2.45. The number of hydrogen-bond donors (Lipinski definition) is 1.